The van der Waals surface area contributed by atoms with Crippen molar-refractivity contribution in [1.82, 2.24) is 14.9 Å². The molecule has 8 heteroatoms. The fourth-order valence-electron chi connectivity index (χ4n) is 4.48. The van der Waals surface area contributed by atoms with Crippen LogP contribution in [0.15, 0.2) is 48.9 Å². The molecule has 1 saturated heterocycles. The number of fused-ring (bicyclic) bond motifs is 1. The summed E-state index contributed by atoms with van der Waals surface area (Å²) in [4.78, 5) is 23.3. The van der Waals surface area contributed by atoms with E-state index in [9.17, 15) is 4.79 Å². The third-order valence-corrected chi connectivity index (χ3v) is 6.07. The first kappa shape index (κ1) is 23.9. The Morgan fingerprint density at radius 3 is 2.91 bits per heavy atom. The van der Waals surface area contributed by atoms with Crippen LogP contribution in [0.25, 0.3) is 5.76 Å². The molecular weight excluding hydrogens is 430 g/mol. The van der Waals surface area contributed by atoms with Crippen molar-refractivity contribution in [2.45, 2.75) is 51.7 Å². The van der Waals surface area contributed by atoms with Crippen LogP contribution in [0.4, 0.5) is 16.3 Å². The third-order valence-electron chi connectivity index (χ3n) is 6.07. The van der Waals surface area contributed by atoms with Crippen molar-refractivity contribution in [2.75, 3.05) is 36.9 Å². The van der Waals surface area contributed by atoms with Gasteiger partial charge in [-0.2, -0.15) is 0 Å². The Kier molecular flexibility index (Phi) is 7.55. The van der Waals surface area contributed by atoms with Crippen LogP contribution in [0.1, 0.15) is 45.6 Å². The van der Waals surface area contributed by atoms with Gasteiger partial charge < -0.3 is 25.0 Å². The monoisotopic (exact) mass is 465 g/mol. The van der Waals surface area contributed by atoms with Gasteiger partial charge in [-0.1, -0.05) is 12.1 Å². The molecule has 0 aliphatic carbocycles. The molecule has 8 nitrogen and oxygen atoms in total. The lowest BCUT2D eigenvalue weighted by molar-refractivity contribution is -0.00221. The number of para-hydroxylation sites is 1. The van der Waals surface area contributed by atoms with E-state index in [2.05, 4.69) is 38.8 Å². The zero-order valence-electron chi connectivity index (χ0n) is 20.3. The van der Waals surface area contributed by atoms with Crippen molar-refractivity contribution in [1.29, 1.82) is 0 Å². The minimum Gasteiger partial charge on any atom is -0.493 e. The van der Waals surface area contributed by atoms with Gasteiger partial charge in [0.15, 0.2) is 0 Å². The molecule has 1 fully saturated rings. The summed E-state index contributed by atoms with van der Waals surface area (Å²) < 4.78 is 12.2. The van der Waals surface area contributed by atoms with E-state index < -0.39 is 5.60 Å². The van der Waals surface area contributed by atoms with Gasteiger partial charge in [0.1, 0.15) is 23.5 Å². The Bertz CT molecular complexity index is 989. The molecule has 2 aliphatic heterocycles. The number of carbonyl (C=O) groups excluding carboxylic acids is 1. The standard InChI is InChI=1S/C26H35N5O3/c1-26(2,3)34-25(32)31-15-7-6-10-22(31)19(16-29-24-12-13-27-18-30-24)17-33-23-11-14-28-21-9-5-4-8-20(21)23/h4-5,8-9,11-13,18-19,22,28H,6-7,10,14-17H2,1-3H3,(H,27,29,30). The molecule has 2 atom stereocenters. The maximum Gasteiger partial charge on any atom is 0.410 e. The highest BCUT2D eigenvalue weighted by atomic mass is 16.6. The van der Waals surface area contributed by atoms with E-state index in [1.165, 1.54) is 6.33 Å². The first-order chi connectivity index (χ1) is 16.4. The summed E-state index contributed by atoms with van der Waals surface area (Å²) in [5.74, 6) is 1.68. The second-order valence-electron chi connectivity index (χ2n) is 9.78. The molecule has 0 radical (unpaired) electrons. The lowest BCUT2D eigenvalue weighted by Gasteiger charge is -2.41. The van der Waals surface area contributed by atoms with Gasteiger partial charge in [-0.15, -0.1) is 0 Å². The molecule has 2 aliphatic rings. The van der Waals surface area contributed by atoms with Gasteiger partial charge >= 0.3 is 6.09 Å². The number of piperidine rings is 1. The average Bonchev–Trinajstić information content (AvgIpc) is 2.84. The summed E-state index contributed by atoms with van der Waals surface area (Å²) in [6.07, 6.45) is 8.02. The van der Waals surface area contributed by atoms with E-state index in [4.69, 9.17) is 9.47 Å². The average molecular weight is 466 g/mol. The molecule has 2 unspecified atom stereocenters. The minimum atomic E-state index is -0.534. The van der Waals surface area contributed by atoms with Crippen LogP contribution in [-0.2, 0) is 9.47 Å². The number of ether oxygens (including phenoxy) is 2. The third kappa shape index (κ3) is 6.18. The number of rotatable bonds is 7. The molecule has 3 heterocycles. The molecule has 0 bridgehead atoms. The first-order valence-electron chi connectivity index (χ1n) is 12.1. The number of benzene rings is 1. The summed E-state index contributed by atoms with van der Waals surface area (Å²) in [5, 5.41) is 6.80. The summed E-state index contributed by atoms with van der Waals surface area (Å²) in [7, 11) is 0. The normalized spacial score (nSPS) is 18.7. The first-order valence-corrected chi connectivity index (χ1v) is 12.1. The molecule has 1 aromatic carbocycles. The number of anilines is 2. The van der Waals surface area contributed by atoms with Gasteiger partial charge in [-0.25, -0.2) is 14.8 Å². The second kappa shape index (κ2) is 10.8. The summed E-state index contributed by atoms with van der Waals surface area (Å²) in [6.45, 7) is 8.23. The van der Waals surface area contributed by atoms with E-state index in [0.717, 1.165) is 48.6 Å². The van der Waals surface area contributed by atoms with Gasteiger partial charge in [0.25, 0.3) is 0 Å². The molecule has 2 aromatic rings. The van der Waals surface area contributed by atoms with Crippen molar-refractivity contribution in [3.63, 3.8) is 0 Å². The van der Waals surface area contributed by atoms with Crippen LogP contribution in [0.5, 0.6) is 0 Å². The molecule has 4 rings (SSSR count). The number of amides is 1. The molecule has 1 aromatic heterocycles. The zero-order valence-corrected chi connectivity index (χ0v) is 20.3. The van der Waals surface area contributed by atoms with Crippen LogP contribution in [0.2, 0.25) is 0 Å². The van der Waals surface area contributed by atoms with Crippen molar-refractivity contribution in [3.8, 4) is 0 Å². The number of hydrogen-bond donors (Lipinski definition) is 2. The second-order valence-corrected chi connectivity index (χ2v) is 9.78. The van der Waals surface area contributed by atoms with Crippen LogP contribution in [-0.4, -0.2) is 58.8 Å². The zero-order chi connectivity index (χ0) is 24.0. The van der Waals surface area contributed by atoms with Gasteiger partial charge in [0, 0.05) is 49.0 Å². The number of hydrogen-bond acceptors (Lipinski definition) is 7. The van der Waals surface area contributed by atoms with Gasteiger partial charge in [0.05, 0.1) is 6.61 Å². The Hall–Kier alpha value is -3.29. The molecule has 0 saturated carbocycles. The maximum atomic E-state index is 13.1. The molecular formula is C26H35N5O3. The van der Waals surface area contributed by atoms with Crippen molar-refractivity contribution >= 4 is 23.4 Å². The summed E-state index contributed by atoms with van der Waals surface area (Å²) in [5.41, 5.74) is 1.60. The lowest BCUT2D eigenvalue weighted by atomic mass is 9.90. The molecule has 0 spiro atoms. The van der Waals surface area contributed by atoms with Crippen molar-refractivity contribution in [3.05, 3.63) is 54.5 Å². The maximum absolute atomic E-state index is 13.1. The molecule has 2 N–H and O–H groups in total. The van der Waals surface area contributed by atoms with Crippen LogP contribution >= 0.6 is 0 Å². The molecule has 34 heavy (non-hydrogen) atoms. The van der Waals surface area contributed by atoms with Crippen molar-refractivity contribution in [2.24, 2.45) is 5.92 Å². The highest BCUT2D eigenvalue weighted by Gasteiger charge is 2.36. The summed E-state index contributed by atoms with van der Waals surface area (Å²) in [6, 6.07) is 10.0. The van der Waals surface area contributed by atoms with E-state index in [-0.39, 0.29) is 18.1 Å². The van der Waals surface area contributed by atoms with Gasteiger partial charge in [-0.05, 0) is 64.3 Å². The van der Waals surface area contributed by atoms with Crippen molar-refractivity contribution < 1.29 is 14.3 Å². The fourth-order valence-corrected chi connectivity index (χ4v) is 4.48. The Labute approximate surface area is 201 Å². The number of aromatic nitrogens is 2. The van der Waals surface area contributed by atoms with Gasteiger partial charge in [-0.3, -0.25) is 0 Å². The number of likely N-dealkylation sites (tertiary alicyclic amines) is 1. The lowest BCUT2D eigenvalue weighted by Crippen LogP contribution is -2.51. The highest BCUT2D eigenvalue weighted by molar-refractivity contribution is 5.75. The largest absolute Gasteiger partial charge is 0.493 e. The number of nitrogens with zero attached hydrogens (tertiary/aromatic N) is 3. The number of carbonyl (C=O) groups is 1. The van der Waals surface area contributed by atoms with Crippen LogP contribution < -0.4 is 10.6 Å². The minimum absolute atomic E-state index is 0.00972. The fraction of sp³-hybridized carbons (Fsp3) is 0.500. The Morgan fingerprint density at radius 2 is 2.12 bits per heavy atom. The summed E-state index contributed by atoms with van der Waals surface area (Å²) >= 11 is 0. The highest BCUT2D eigenvalue weighted by Crippen LogP contribution is 2.31. The van der Waals surface area contributed by atoms with Gasteiger partial charge in [0.2, 0.25) is 0 Å². The van der Waals surface area contributed by atoms with E-state index in [0.29, 0.717) is 19.7 Å². The number of nitrogens with one attached hydrogen (secondary N) is 2. The smallest absolute Gasteiger partial charge is 0.410 e. The van der Waals surface area contributed by atoms with E-state index >= 15 is 0 Å². The predicted octanol–water partition coefficient (Wildman–Crippen LogP) is 4.78. The SMILES string of the molecule is CC(C)(C)OC(=O)N1CCCCC1C(CNc1ccncn1)COC1=CCNc2ccccc21. The predicted molar refractivity (Wildman–Crippen MR) is 133 cm³/mol. The molecule has 1 amide bonds. The topological polar surface area (TPSA) is 88.6 Å². The Balaban J connectivity index is 1.52. The Morgan fingerprint density at radius 1 is 1.26 bits per heavy atom. The van der Waals surface area contributed by atoms with E-state index in [1.807, 2.05) is 43.9 Å². The van der Waals surface area contributed by atoms with Crippen LogP contribution in [0.3, 0.4) is 0 Å². The molecule has 182 valence electrons. The van der Waals surface area contributed by atoms with E-state index in [1.54, 1.807) is 6.20 Å². The van der Waals surface area contributed by atoms with Crippen LogP contribution in [0, 0.1) is 5.92 Å². The quantitative estimate of drug-likeness (QED) is 0.608.